The Kier molecular flexibility index (Phi) is 3.77. The highest BCUT2D eigenvalue weighted by atomic mass is 32.2. The van der Waals surface area contributed by atoms with Crippen molar-refractivity contribution in [3.8, 4) is 0 Å². The average Bonchev–Trinajstić information content (AvgIpc) is 2.46. The zero-order chi connectivity index (χ0) is 14.8. The van der Waals surface area contributed by atoms with E-state index < -0.39 is 10.0 Å². The molecule has 0 aliphatic rings. The molecule has 20 heavy (non-hydrogen) atoms. The van der Waals surface area contributed by atoms with Crippen LogP contribution < -0.4 is 10.0 Å². The number of hydrogen-bond acceptors (Lipinski definition) is 5. The van der Waals surface area contributed by atoms with Crippen LogP contribution in [-0.2, 0) is 10.0 Å². The SMILES string of the molecule is CN(C(=O)c1cncnc1)c1ccc(S(N)(=O)=O)cc1. The predicted molar refractivity (Wildman–Crippen MR) is 72.6 cm³/mol. The first kappa shape index (κ1) is 14.1. The Labute approximate surface area is 116 Å². The molecule has 0 aliphatic carbocycles. The van der Waals surface area contributed by atoms with Gasteiger partial charge in [0.25, 0.3) is 5.91 Å². The summed E-state index contributed by atoms with van der Waals surface area (Å²) < 4.78 is 22.3. The lowest BCUT2D eigenvalue weighted by Crippen LogP contribution is -2.26. The minimum atomic E-state index is -3.74. The second-order valence-electron chi connectivity index (χ2n) is 4.03. The number of carbonyl (C=O) groups is 1. The highest BCUT2D eigenvalue weighted by molar-refractivity contribution is 7.89. The number of rotatable bonds is 3. The highest BCUT2D eigenvalue weighted by Gasteiger charge is 2.15. The minimum Gasteiger partial charge on any atom is -0.311 e. The first-order valence-corrected chi connectivity index (χ1v) is 7.10. The third-order valence-corrected chi connectivity index (χ3v) is 3.59. The van der Waals surface area contributed by atoms with Gasteiger partial charge in [0.2, 0.25) is 10.0 Å². The van der Waals surface area contributed by atoms with Crippen LogP contribution in [-0.4, -0.2) is 31.3 Å². The first-order valence-electron chi connectivity index (χ1n) is 5.55. The van der Waals surface area contributed by atoms with Crippen molar-refractivity contribution in [3.05, 3.63) is 48.5 Å². The van der Waals surface area contributed by atoms with Gasteiger partial charge in [-0.15, -0.1) is 0 Å². The predicted octanol–water partition coefficient (Wildman–Crippen LogP) is 0.401. The number of benzene rings is 1. The van der Waals surface area contributed by atoms with Gasteiger partial charge in [-0.2, -0.15) is 0 Å². The molecule has 1 aromatic heterocycles. The normalized spacial score (nSPS) is 11.1. The summed E-state index contributed by atoms with van der Waals surface area (Å²) in [6.07, 6.45) is 4.15. The van der Waals surface area contributed by atoms with Gasteiger partial charge >= 0.3 is 0 Å². The fraction of sp³-hybridized carbons (Fsp3) is 0.0833. The monoisotopic (exact) mass is 292 g/mol. The number of hydrogen-bond donors (Lipinski definition) is 1. The smallest absolute Gasteiger partial charge is 0.261 e. The fourth-order valence-electron chi connectivity index (χ4n) is 1.58. The van der Waals surface area contributed by atoms with E-state index in [1.165, 1.54) is 47.9 Å². The van der Waals surface area contributed by atoms with E-state index in [1.807, 2.05) is 0 Å². The van der Waals surface area contributed by atoms with Crippen molar-refractivity contribution in [3.63, 3.8) is 0 Å². The molecule has 2 aromatic rings. The van der Waals surface area contributed by atoms with Crippen molar-refractivity contribution in [1.29, 1.82) is 0 Å². The van der Waals surface area contributed by atoms with Gasteiger partial charge in [-0.25, -0.2) is 23.5 Å². The number of nitrogens with two attached hydrogens (primary N) is 1. The molecule has 0 aliphatic heterocycles. The lowest BCUT2D eigenvalue weighted by atomic mass is 10.2. The maximum atomic E-state index is 12.1. The maximum Gasteiger partial charge on any atom is 0.261 e. The minimum absolute atomic E-state index is 0.00913. The van der Waals surface area contributed by atoms with Gasteiger partial charge in [0.15, 0.2) is 0 Å². The Morgan fingerprint density at radius 3 is 2.20 bits per heavy atom. The Balaban J connectivity index is 2.26. The Morgan fingerprint density at radius 2 is 1.70 bits per heavy atom. The van der Waals surface area contributed by atoms with Gasteiger partial charge in [0, 0.05) is 25.1 Å². The molecule has 1 aromatic carbocycles. The van der Waals surface area contributed by atoms with Crippen molar-refractivity contribution < 1.29 is 13.2 Å². The lowest BCUT2D eigenvalue weighted by Gasteiger charge is -2.17. The van der Waals surface area contributed by atoms with Crippen molar-refractivity contribution in [1.82, 2.24) is 9.97 Å². The average molecular weight is 292 g/mol. The van der Waals surface area contributed by atoms with Crippen LogP contribution in [0.3, 0.4) is 0 Å². The number of nitrogens with zero attached hydrogens (tertiary/aromatic N) is 3. The van der Waals surface area contributed by atoms with Crippen molar-refractivity contribution in [2.24, 2.45) is 5.14 Å². The van der Waals surface area contributed by atoms with Crippen LogP contribution >= 0.6 is 0 Å². The summed E-state index contributed by atoms with van der Waals surface area (Å²) in [7, 11) is -2.17. The summed E-state index contributed by atoms with van der Waals surface area (Å²) >= 11 is 0. The molecule has 0 spiro atoms. The molecule has 0 bridgehead atoms. The van der Waals surface area contributed by atoms with Crippen LogP contribution in [0.1, 0.15) is 10.4 Å². The summed E-state index contributed by atoms with van der Waals surface area (Å²) in [6, 6.07) is 5.69. The van der Waals surface area contributed by atoms with Crippen LogP contribution in [0.15, 0.2) is 47.9 Å². The number of aromatic nitrogens is 2. The van der Waals surface area contributed by atoms with E-state index in [9.17, 15) is 13.2 Å². The third-order valence-electron chi connectivity index (χ3n) is 2.66. The van der Waals surface area contributed by atoms with Crippen molar-refractivity contribution >= 4 is 21.6 Å². The Hall–Kier alpha value is -2.32. The molecule has 0 atom stereocenters. The number of carbonyl (C=O) groups excluding carboxylic acids is 1. The van der Waals surface area contributed by atoms with E-state index in [1.54, 1.807) is 7.05 Å². The summed E-state index contributed by atoms with van der Waals surface area (Å²) in [5, 5.41) is 5.01. The Bertz CT molecular complexity index is 714. The number of amides is 1. The van der Waals surface area contributed by atoms with Crippen molar-refractivity contribution in [2.75, 3.05) is 11.9 Å². The molecule has 1 amide bonds. The van der Waals surface area contributed by atoms with E-state index in [4.69, 9.17) is 5.14 Å². The lowest BCUT2D eigenvalue weighted by molar-refractivity contribution is 0.0992. The van der Waals surface area contributed by atoms with Gasteiger partial charge in [0.05, 0.1) is 10.5 Å². The number of primary sulfonamides is 1. The summed E-state index contributed by atoms with van der Waals surface area (Å²) in [5.41, 5.74) is 0.872. The summed E-state index contributed by atoms with van der Waals surface area (Å²) in [4.78, 5) is 21.0. The quantitative estimate of drug-likeness (QED) is 0.881. The molecular formula is C12H12N4O3S. The molecule has 2 N–H and O–H groups in total. The largest absolute Gasteiger partial charge is 0.311 e. The fourth-order valence-corrected chi connectivity index (χ4v) is 2.10. The van der Waals surface area contributed by atoms with Gasteiger partial charge in [-0.3, -0.25) is 4.79 Å². The van der Waals surface area contributed by atoms with E-state index in [0.29, 0.717) is 11.3 Å². The maximum absolute atomic E-state index is 12.1. The molecule has 2 rings (SSSR count). The van der Waals surface area contributed by atoms with Crippen molar-refractivity contribution in [2.45, 2.75) is 4.90 Å². The van der Waals surface area contributed by atoms with E-state index in [-0.39, 0.29) is 10.8 Å². The van der Waals surface area contributed by atoms with Crippen LogP contribution in [0.2, 0.25) is 0 Å². The summed E-state index contributed by atoms with van der Waals surface area (Å²) in [5.74, 6) is -0.297. The zero-order valence-corrected chi connectivity index (χ0v) is 11.4. The zero-order valence-electron chi connectivity index (χ0n) is 10.6. The Morgan fingerprint density at radius 1 is 1.15 bits per heavy atom. The van der Waals surface area contributed by atoms with E-state index >= 15 is 0 Å². The van der Waals surface area contributed by atoms with Gasteiger partial charge < -0.3 is 4.90 Å². The molecule has 104 valence electrons. The van der Waals surface area contributed by atoms with Gasteiger partial charge in [-0.1, -0.05) is 0 Å². The standard InChI is InChI=1S/C12H12N4O3S/c1-16(12(17)9-6-14-8-15-7-9)10-2-4-11(5-3-10)20(13,18)19/h2-8H,1H3,(H2,13,18,19). The molecule has 0 fully saturated rings. The van der Waals surface area contributed by atoms with Gasteiger partial charge in [-0.05, 0) is 24.3 Å². The van der Waals surface area contributed by atoms with E-state index in [2.05, 4.69) is 9.97 Å². The highest BCUT2D eigenvalue weighted by Crippen LogP contribution is 2.17. The second kappa shape index (κ2) is 5.35. The number of sulfonamides is 1. The molecule has 8 heteroatoms. The molecule has 0 saturated heterocycles. The first-order chi connectivity index (χ1) is 9.39. The van der Waals surface area contributed by atoms with Gasteiger partial charge in [0.1, 0.15) is 6.33 Å². The van der Waals surface area contributed by atoms with Crippen LogP contribution in [0.25, 0.3) is 0 Å². The van der Waals surface area contributed by atoms with Crippen LogP contribution in [0, 0.1) is 0 Å². The topological polar surface area (TPSA) is 106 Å². The third kappa shape index (κ3) is 2.98. The molecule has 0 radical (unpaired) electrons. The molecule has 1 heterocycles. The molecule has 0 saturated carbocycles. The van der Waals surface area contributed by atoms with Crippen LogP contribution in [0.5, 0.6) is 0 Å². The molecule has 0 unspecified atom stereocenters. The summed E-state index contributed by atoms with van der Waals surface area (Å²) in [6.45, 7) is 0. The molecular weight excluding hydrogens is 280 g/mol. The van der Waals surface area contributed by atoms with E-state index in [0.717, 1.165) is 0 Å². The molecule has 7 nitrogen and oxygen atoms in total. The number of anilines is 1. The second-order valence-corrected chi connectivity index (χ2v) is 5.59. The van der Waals surface area contributed by atoms with Crippen LogP contribution in [0.4, 0.5) is 5.69 Å².